The van der Waals surface area contributed by atoms with Gasteiger partial charge in [-0.1, -0.05) is 376 Å². The summed E-state index contributed by atoms with van der Waals surface area (Å²) in [6.45, 7) is 0. The van der Waals surface area contributed by atoms with Crippen molar-refractivity contribution in [3.63, 3.8) is 0 Å². The minimum absolute atomic E-state index is 0.679. The van der Waals surface area contributed by atoms with E-state index in [1.807, 2.05) is 24.3 Å². The van der Waals surface area contributed by atoms with E-state index in [1.165, 1.54) is 150 Å². The van der Waals surface area contributed by atoms with Gasteiger partial charge in [0.25, 0.3) is 0 Å². The maximum absolute atomic E-state index is 5.48. The lowest BCUT2D eigenvalue weighted by molar-refractivity contribution is 1.01. The van der Waals surface area contributed by atoms with Gasteiger partial charge in [0.2, 0.25) is 11.9 Å². The summed E-state index contributed by atoms with van der Waals surface area (Å²) in [5.41, 5.74) is 19.6. The van der Waals surface area contributed by atoms with Crippen LogP contribution in [0.1, 0.15) is 0 Å². The van der Waals surface area contributed by atoms with Crippen LogP contribution in [0.2, 0.25) is 0 Å². The standard InChI is InChI=1S/C50H30N4.C40H23N3S.C38H23N3/c1-2-14-32(15-3-1)53-43-24-12-8-19-36(43)37-27-26-31(30-46(37)53)49-50(52-42-23-11-10-22-41(42)51-49)54-44-25-13-9-21-40(44)48-45(54)29-28-39-35-18-5-4-16-33(35)34-17-6-7-20-38(34)47(39)48;1-2-12-24(13-3-1)37-39-38(31-19-9-11-21-34(31)44-39)42-40(41-37)43-32-20-10-8-18-30(32)36-33(43)23-22-29-27-16-5-4-14-25(27)26-15-6-7-17-28(26)35(29)36;1-2-12-24(13-3-1)37-30-18-8-10-20-32(30)39-38(40-37)41-33-21-11-9-19-31(33)36-34(41)23-22-29-27-16-5-4-14-25(27)26-15-6-7-17-28(26)35(29)36/h1-30H;1-23H;1-23H. The third kappa shape index (κ3) is 11.9. The normalized spacial score (nSPS) is 12.0. The molecule has 644 valence electrons. The highest BCUT2D eigenvalue weighted by molar-refractivity contribution is 7.26. The van der Waals surface area contributed by atoms with Crippen LogP contribution in [0.4, 0.5) is 0 Å². The number of hydrogen-bond donors (Lipinski definition) is 0. The first-order valence-corrected chi connectivity index (χ1v) is 48.0. The Kier molecular flexibility index (Phi) is 17.5. The number of hydrogen-bond acceptors (Lipinski definition) is 7. The molecular weight excluding hydrogens is 1710 g/mol. The first-order valence-electron chi connectivity index (χ1n) is 47.2. The highest BCUT2D eigenvalue weighted by Gasteiger charge is 2.29. The number of nitrogens with zero attached hydrogens (tertiary/aromatic N) is 10. The van der Waals surface area contributed by atoms with Gasteiger partial charge in [-0.25, -0.2) is 29.9 Å². The molecule has 0 atom stereocenters. The van der Waals surface area contributed by atoms with Crippen LogP contribution in [-0.4, -0.2) is 48.2 Å². The summed E-state index contributed by atoms with van der Waals surface area (Å²) in [4.78, 5) is 32.0. The third-order valence-corrected chi connectivity index (χ3v) is 29.8. The van der Waals surface area contributed by atoms with Gasteiger partial charge in [0.1, 0.15) is 5.69 Å². The number of rotatable bonds is 7. The van der Waals surface area contributed by atoms with Crippen molar-refractivity contribution >= 4 is 238 Å². The van der Waals surface area contributed by atoms with Crippen molar-refractivity contribution in [1.82, 2.24) is 48.2 Å². The van der Waals surface area contributed by atoms with E-state index >= 15 is 0 Å². The van der Waals surface area contributed by atoms with Crippen LogP contribution in [0.3, 0.4) is 0 Å². The monoisotopic (exact) mass is 1780 g/mol. The second kappa shape index (κ2) is 31.1. The van der Waals surface area contributed by atoms with Gasteiger partial charge >= 0.3 is 0 Å². The van der Waals surface area contributed by atoms with E-state index in [-0.39, 0.29) is 0 Å². The molecule has 8 aromatic heterocycles. The van der Waals surface area contributed by atoms with Crippen LogP contribution >= 0.6 is 11.3 Å². The van der Waals surface area contributed by atoms with Crippen molar-refractivity contribution < 1.29 is 0 Å². The Balaban J connectivity index is 0.000000101. The Hall–Kier alpha value is -18.4. The molecule has 0 aliphatic heterocycles. The minimum atomic E-state index is 0.679. The molecule has 0 unspecified atom stereocenters. The van der Waals surface area contributed by atoms with Gasteiger partial charge in [-0.2, -0.15) is 0 Å². The molecule has 0 aliphatic carbocycles. The number of fused-ring (bicyclic) bond motifs is 38. The molecule has 23 aromatic carbocycles. The van der Waals surface area contributed by atoms with Gasteiger partial charge in [0, 0.05) is 97.1 Å². The number of thiophene rings is 1. The van der Waals surface area contributed by atoms with Crippen LogP contribution in [0.25, 0.3) is 284 Å². The van der Waals surface area contributed by atoms with E-state index in [1.54, 1.807) is 11.3 Å². The summed E-state index contributed by atoms with van der Waals surface area (Å²) in [5, 5.41) is 34.8. The van der Waals surface area contributed by atoms with Gasteiger partial charge in [-0.15, -0.1) is 11.3 Å². The van der Waals surface area contributed by atoms with Crippen molar-refractivity contribution in [3.05, 3.63) is 461 Å². The summed E-state index contributed by atoms with van der Waals surface area (Å²) in [7, 11) is 0. The van der Waals surface area contributed by atoms with E-state index in [9.17, 15) is 0 Å². The van der Waals surface area contributed by atoms with E-state index in [0.717, 1.165) is 121 Å². The van der Waals surface area contributed by atoms with Crippen molar-refractivity contribution in [1.29, 1.82) is 0 Å². The topological polar surface area (TPSA) is 97.1 Å². The molecule has 0 bridgehead atoms. The highest BCUT2D eigenvalue weighted by atomic mass is 32.1. The van der Waals surface area contributed by atoms with Gasteiger partial charge in [0.05, 0.1) is 82.3 Å². The van der Waals surface area contributed by atoms with E-state index in [2.05, 4.69) is 455 Å². The van der Waals surface area contributed by atoms with Crippen LogP contribution < -0.4 is 0 Å². The van der Waals surface area contributed by atoms with Gasteiger partial charge in [-0.05, 0) is 166 Å². The molecule has 0 amide bonds. The maximum atomic E-state index is 5.48. The fraction of sp³-hybridized carbons (Fsp3) is 0. The first-order chi connectivity index (χ1) is 69.0. The summed E-state index contributed by atoms with van der Waals surface area (Å²) in [5.74, 6) is 2.18. The Morgan fingerprint density at radius 1 is 0.165 bits per heavy atom. The number of benzene rings is 23. The van der Waals surface area contributed by atoms with E-state index < -0.39 is 0 Å². The van der Waals surface area contributed by atoms with Crippen molar-refractivity contribution in [3.8, 4) is 57.2 Å². The van der Waals surface area contributed by atoms with Crippen molar-refractivity contribution in [2.75, 3.05) is 0 Å². The fourth-order valence-electron chi connectivity index (χ4n) is 22.8. The predicted octanol–water partition coefficient (Wildman–Crippen LogP) is 33.9. The van der Waals surface area contributed by atoms with Crippen molar-refractivity contribution in [2.45, 2.75) is 0 Å². The SMILES string of the molecule is c1ccc(-c2nc(-n3c4ccccc4c4c5c6ccccc6c6ccccc6c5ccc43)nc3c2sc2ccccc23)cc1.c1ccc(-c2nc(-n3c4ccccc4c4c5c6ccccc6c6ccccc6c5ccc43)nc3ccccc23)cc1.c1ccc(-n2c3ccccc3c3ccc(-c4nc5ccccc5nc4-n4c5ccccc5c5c6c7ccccc7c7ccccc7c6ccc54)cc32)cc1. The molecule has 0 radical (unpaired) electrons. The predicted molar refractivity (Wildman–Crippen MR) is 585 cm³/mol. The van der Waals surface area contributed by atoms with Crippen LogP contribution in [0.5, 0.6) is 0 Å². The average molecular weight is 1790 g/mol. The molecule has 31 rings (SSSR count). The zero-order chi connectivity index (χ0) is 91.0. The summed E-state index contributed by atoms with van der Waals surface area (Å²) >= 11 is 1.77. The number of para-hydroxylation sites is 8. The molecule has 0 saturated heterocycles. The van der Waals surface area contributed by atoms with E-state index in [0.29, 0.717) is 11.9 Å². The van der Waals surface area contributed by atoms with E-state index in [4.69, 9.17) is 29.9 Å². The van der Waals surface area contributed by atoms with Crippen LogP contribution in [0.15, 0.2) is 461 Å². The summed E-state index contributed by atoms with van der Waals surface area (Å²) < 4.78 is 11.6. The molecule has 11 heteroatoms. The largest absolute Gasteiger partial charge is 0.309 e. The number of aromatic nitrogens is 10. The highest BCUT2D eigenvalue weighted by Crippen LogP contribution is 2.51. The minimum Gasteiger partial charge on any atom is -0.309 e. The zero-order valence-electron chi connectivity index (χ0n) is 74.8. The molecule has 139 heavy (non-hydrogen) atoms. The Morgan fingerprint density at radius 2 is 0.489 bits per heavy atom. The molecule has 0 saturated carbocycles. The summed E-state index contributed by atoms with van der Waals surface area (Å²) in [6, 6.07) is 165. The average Bonchev–Trinajstić information content (AvgIpc) is 1.54. The molecule has 8 heterocycles. The molecular formula is C128H76N10S. The third-order valence-electron chi connectivity index (χ3n) is 28.6. The van der Waals surface area contributed by atoms with Crippen molar-refractivity contribution in [2.24, 2.45) is 0 Å². The maximum Gasteiger partial charge on any atom is 0.235 e. The van der Waals surface area contributed by atoms with Crippen LogP contribution in [-0.2, 0) is 0 Å². The molecule has 0 aliphatic rings. The Morgan fingerprint density at radius 3 is 0.971 bits per heavy atom. The summed E-state index contributed by atoms with van der Waals surface area (Å²) in [6.07, 6.45) is 0. The fourth-order valence-corrected chi connectivity index (χ4v) is 23.9. The van der Waals surface area contributed by atoms with Gasteiger partial charge in [0.15, 0.2) is 5.82 Å². The molecule has 0 N–H and O–H groups in total. The lowest BCUT2D eigenvalue weighted by atomic mass is 9.92. The second-order valence-electron chi connectivity index (χ2n) is 36.1. The quantitative estimate of drug-likeness (QED) is 0.148. The first kappa shape index (κ1) is 78.1. The smallest absolute Gasteiger partial charge is 0.235 e. The zero-order valence-corrected chi connectivity index (χ0v) is 75.6. The Labute approximate surface area is 798 Å². The van der Waals surface area contributed by atoms with Gasteiger partial charge < -0.3 is 4.57 Å². The molecule has 0 fully saturated rings. The molecule has 10 nitrogen and oxygen atoms in total. The van der Waals surface area contributed by atoms with Crippen LogP contribution in [0, 0.1) is 0 Å². The second-order valence-corrected chi connectivity index (χ2v) is 37.1. The lowest BCUT2D eigenvalue weighted by Crippen LogP contribution is -2.04. The molecule has 0 spiro atoms. The lowest BCUT2D eigenvalue weighted by Gasteiger charge is -2.15. The Bertz CT molecular complexity index is 10500. The van der Waals surface area contributed by atoms with Gasteiger partial charge in [-0.3, -0.25) is 13.7 Å². The molecule has 31 aromatic rings.